The number of hydrogen-bond acceptors (Lipinski definition) is 4. The second-order valence-electron chi connectivity index (χ2n) is 6.47. The van der Waals surface area contributed by atoms with Crippen LogP contribution in [-0.2, 0) is 6.54 Å². The van der Waals surface area contributed by atoms with E-state index >= 15 is 0 Å². The molecule has 0 saturated heterocycles. The molecule has 146 valence electrons. The fourth-order valence-corrected chi connectivity index (χ4v) is 3.99. The lowest BCUT2D eigenvalue weighted by Crippen LogP contribution is -2.41. The molecular formula is C21H17FN4O2S. The first kappa shape index (κ1) is 18.8. The number of aryl methyl sites for hydroxylation is 1. The standard InChI is InChI=1S/C21H17FN4O2S/c1-13-17-11-18(20(28)24-23-19(27)15-5-3-2-4-6-15)29-21(17)26(25-13)12-14-7-9-16(22)10-8-14/h2-11H,12H2,1H3,(H,23,27)(H,24,28). The summed E-state index contributed by atoms with van der Waals surface area (Å²) < 4.78 is 14.9. The average Bonchev–Trinajstić information content (AvgIpc) is 3.30. The SMILES string of the molecule is Cc1nn(Cc2ccc(F)cc2)c2sc(C(=O)NNC(=O)c3ccccc3)cc12. The highest BCUT2D eigenvalue weighted by Crippen LogP contribution is 2.28. The number of thiophene rings is 1. The molecule has 0 bridgehead atoms. The molecule has 8 heteroatoms. The van der Waals surface area contributed by atoms with Gasteiger partial charge in [-0.2, -0.15) is 5.10 Å². The third kappa shape index (κ3) is 4.02. The van der Waals surface area contributed by atoms with Crippen molar-refractivity contribution < 1.29 is 14.0 Å². The quantitative estimate of drug-likeness (QED) is 0.506. The number of fused-ring (bicyclic) bond motifs is 1. The number of benzene rings is 2. The highest BCUT2D eigenvalue weighted by Gasteiger charge is 2.17. The molecule has 0 atom stereocenters. The number of rotatable bonds is 4. The molecule has 6 nitrogen and oxygen atoms in total. The Labute approximate surface area is 169 Å². The number of nitrogens with zero attached hydrogens (tertiary/aromatic N) is 2. The Balaban J connectivity index is 1.50. The zero-order valence-corrected chi connectivity index (χ0v) is 16.3. The monoisotopic (exact) mass is 408 g/mol. The van der Waals surface area contributed by atoms with Crippen molar-refractivity contribution in [1.29, 1.82) is 0 Å². The fraction of sp³-hybridized carbons (Fsp3) is 0.0952. The number of aromatic nitrogens is 2. The van der Waals surface area contributed by atoms with E-state index in [-0.39, 0.29) is 5.82 Å². The van der Waals surface area contributed by atoms with Gasteiger partial charge < -0.3 is 0 Å². The third-order valence-corrected chi connectivity index (χ3v) is 5.55. The van der Waals surface area contributed by atoms with E-state index < -0.39 is 11.8 Å². The summed E-state index contributed by atoms with van der Waals surface area (Å²) in [5.74, 6) is -1.08. The maximum absolute atomic E-state index is 13.1. The number of amides is 2. The lowest BCUT2D eigenvalue weighted by molar-refractivity contribution is 0.0849. The minimum atomic E-state index is -0.400. The Morgan fingerprint density at radius 3 is 2.45 bits per heavy atom. The molecule has 0 aliphatic rings. The van der Waals surface area contributed by atoms with Crippen LogP contribution in [0.15, 0.2) is 60.7 Å². The van der Waals surface area contributed by atoms with Gasteiger partial charge in [-0.05, 0) is 42.8 Å². The Hall–Kier alpha value is -3.52. The summed E-state index contributed by atoms with van der Waals surface area (Å²) in [5, 5.41) is 5.39. The van der Waals surface area contributed by atoms with E-state index in [2.05, 4.69) is 16.0 Å². The van der Waals surface area contributed by atoms with Gasteiger partial charge in [-0.1, -0.05) is 30.3 Å². The molecule has 0 unspecified atom stereocenters. The van der Waals surface area contributed by atoms with Gasteiger partial charge in [0.05, 0.1) is 17.1 Å². The van der Waals surface area contributed by atoms with Crippen LogP contribution in [0.5, 0.6) is 0 Å². The van der Waals surface area contributed by atoms with Crippen LogP contribution in [0.2, 0.25) is 0 Å². The minimum absolute atomic E-state index is 0.289. The molecule has 2 aromatic carbocycles. The summed E-state index contributed by atoms with van der Waals surface area (Å²) in [6, 6.07) is 16.6. The van der Waals surface area contributed by atoms with Crippen LogP contribution in [0.4, 0.5) is 4.39 Å². The summed E-state index contributed by atoms with van der Waals surface area (Å²) >= 11 is 1.29. The predicted octanol–water partition coefficient (Wildman–Crippen LogP) is 3.67. The second-order valence-corrected chi connectivity index (χ2v) is 7.50. The van der Waals surface area contributed by atoms with Crippen molar-refractivity contribution in [3.8, 4) is 0 Å². The van der Waals surface area contributed by atoms with Crippen LogP contribution >= 0.6 is 11.3 Å². The van der Waals surface area contributed by atoms with Crippen LogP contribution in [-0.4, -0.2) is 21.6 Å². The zero-order chi connectivity index (χ0) is 20.4. The molecule has 2 amide bonds. The van der Waals surface area contributed by atoms with Crippen LogP contribution in [0, 0.1) is 12.7 Å². The number of carbonyl (C=O) groups excluding carboxylic acids is 2. The van der Waals surface area contributed by atoms with Gasteiger partial charge in [0.1, 0.15) is 10.6 Å². The maximum atomic E-state index is 13.1. The highest BCUT2D eigenvalue weighted by molar-refractivity contribution is 7.20. The first-order valence-electron chi connectivity index (χ1n) is 8.88. The number of hydrazine groups is 1. The number of carbonyl (C=O) groups is 2. The molecule has 0 saturated carbocycles. The molecular weight excluding hydrogens is 391 g/mol. The van der Waals surface area contributed by atoms with E-state index in [1.165, 1.54) is 23.5 Å². The lowest BCUT2D eigenvalue weighted by atomic mass is 10.2. The van der Waals surface area contributed by atoms with E-state index in [0.29, 0.717) is 17.0 Å². The van der Waals surface area contributed by atoms with Gasteiger partial charge in [-0.15, -0.1) is 11.3 Å². The zero-order valence-electron chi connectivity index (χ0n) is 15.5. The summed E-state index contributed by atoms with van der Waals surface area (Å²) in [6.07, 6.45) is 0. The Bertz CT molecular complexity index is 1180. The summed E-state index contributed by atoms with van der Waals surface area (Å²) in [5.41, 5.74) is 7.02. The molecule has 4 aromatic rings. The minimum Gasteiger partial charge on any atom is -0.267 e. The Morgan fingerprint density at radius 1 is 1.03 bits per heavy atom. The predicted molar refractivity (Wildman–Crippen MR) is 109 cm³/mol. The van der Waals surface area contributed by atoms with Crippen molar-refractivity contribution in [1.82, 2.24) is 20.6 Å². The smallest absolute Gasteiger partial charge is 0.267 e. The van der Waals surface area contributed by atoms with Gasteiger partial charge >= 0.3 is 0 Å². The van der Waals surface area contributed by atoms with Crippen molar-refractivity contribution in [3.05, 3.63) is 88.2 Å². The lowest BCUT2D eigenvalue weighted by Gasteiger charge is -2.06. The van der Waals surface area contributed by atoms with Crippen molar-refractivity contribution in [3.63, 3.8) is 0 Å². The molecule has 29 heavy (non-hydrogen) atoms. The van der Waals surface area contributed by atoms with Gasteiger partial charge in [0.2, 0.25) is 0 Å². The van der Waals surface area contributed by atoms with E-state index in [4.69, 9.17) is 0 Å². The molecule has 0 spiro atoms. The Morgan fingerprint density at radius 2 is 1.72 bits per heavy atom. The van der Waals surface area contributed by atoms with Crippen molar-refractivity contribution in [2.24, 2.45) is 0 Å². The topological polar surface area (TPSA) is 76.0 Å². The van der Waals surface area contributed by atoms with Crippen molar-refractivity contribution in [2.45, 2.75) is 13.5 Å². The molecule has 0 aliphatic heterocycles. The summed E-state index contributed by atoms with van der Waals surface area (Å²) in [6.45, 7) is 2.34. The normalized spacial score (nSPS) is 10.8. The van der Waals surface area contributed by atoms with Crippen LogP contribution in [0.1, 0.15) is 31.3 Å². The molecule has 2 aromatic heterocycles. The van der Waals surface area contributed by atoms with E-state index in [9.17, 15) is 14.0 Å². The van der Waals surface area contributed by atoms with Crippen molar-refractivity contribution in [2.75, 3.05) is 0 Å². The molecule has 0 radical (unpaired) electrons. The van der Waals surface area contributed by atoms with Gasteiger partial charge in [-0.3, -0.25) is 25.1 Å². The average molecular weight is 408 g/mol. The van der Waals surface area contributed by atoms with Gasteiger partial charge in [-0.25, -0.2) is 4.39 Å². The maximum Gasteiger partial charge on any atom is 0.279 e. The highest BCUT2D eigenvalue weighted by atomic mass is 32.1. The van der Waals surface area contributed by atoms with Gasteiger partial charge in [0, 0.05) is 10.9 Å². The Kier molecular flexibility index (Phi) is 5.09. The molecule has 2 heterocycles. The van der Waals surface area contributed by atoms with Gasteiger partial charge in [0.15, 0.2) is 0 Å². The molecule has 2 N–H and O–H groups in total. The van der Waals surface area contributed by atoms with E-state index in [0.717, 1.165) is 21.5 Å². The van der Waals surface area contributed by atoms with Crippen LogP contribution in [0.3, 0.4) is 0 Å². The van der Waals surface area contributed by atoms with Crippen molar-refractivity contribution >= 4 is 33.4 Å². The number of nitrogens with one attached hydrogen (secondary N) is 2. The summed E-state index contributed by atoms with van der Waals surface area (Å²) in [4.78, 5) is 25.9. The second kappa shape index (κ2) is 7.84. The fourth-order valence-electron chi connectivity index (χ4n) is 2.93. The first-order chi connectivity index (χ1) is 14.0. The number of hydrogen-bond donors (Lipinski definition) is 2. The van der Waals surface area contributed by atoms with Crippen LogP contribution in [0.25, 0.3) is 10.2 Å². The number of halogens is 1. The van der Waals surface area contributed by atoms with Crippen LogP contribution < -0.4 is 10.9 Å². The van der Waals surface area contributed by atoms with E-state index in [1.807, 2.05) is 13.0 Å². The van der Waals surface area contributed by atoms with Gasteiger partial charge in [0.25, 0.3) is 11.8 Å². The largest absolute Gasteiger partial charge is 0.279 e. The van der Waals surface area contributed by atoms with E-state index in [1.54, 1.807) is 47.1 Å². The molecule has 0 aliphatic carbocycles. The molecule has 0 fully saturated rings. The first-order valence-corrected chi connectivity index (χ1v) is 9.70. The third-order valence-electron chi connectivity index (χ3n) is 4.40. The summed E-state index contributed by atoms with van der Waals surface area (Å²) in [7, 11) is 0. The molecule has 4 rings (SSSR count).